The summed E-state index contributed by atoms with van der Waals surface area (Å²) in [5.41, 5.74) is 0. The van der Waals surface area contributed by atoms with Crippen LogP contribution in [-0.4, -0.2) is 57.0 Å². The van der Waals surface area contributed by atoms with Crippen molar-refractivity contribution in [3.05, 3.63) is 12.2 Å². The van der Waals surface area contributed by atoms with Crippen molar-refractivity contribution < 1.29 is 14.3 Å². The maximum atomic E-state index is 12.1. The van der Waals surface area contributed by atoms with Crippen molar-refractivity contribution >= 4 is 6.03 Å². The van der Waals surface area contributed by atoms with Gasteiger partial charge in [-0.3, -0.25) is 0 Å². The minimum absolute atomic E-state index is 0.00196. The summed E-state index contributed by atoms with van der Waals surface area (Å²) < 4.78 is 10.6. The molecule has 5 heteroatoms. The van der Waals surface area contributed by atoms with Gasteiger partial charge < -0.3 is 19.7 Å². The molecule has 0 unspecified atom stereocenters. The Balaban J connectivity index is 1.71. The monoisotopic (exact) mass is 268 g/mol. The quantitative estimate of drug-likeness (QED) is 0.784. The van der Waals surface area contributed by atoms with Gasteiger partial charge in [-0.2, -0.15) is 0 Å². The highest BCUT2D eigenvalue weighted by atomic mass is 16.5. The zero-order valence-electron chi connectivity index (χ0n) is 11.6. The molecule has 1 aliphatic carbocycles. The van der Waals surface area contributed by atoms with E-state index in [2.05, 4.69) is 17.5 Å². The van der Waals surface area contributed by atoms with Crippen molar-refractivity contribution in [3.8, 4) is 0 Å². The standard InChI is InChI=1S/C14H24N2O3/c1-18-11-13-10-16(7-8-19-13)14(17)15-9-12-5-3-2-4-6-12/h2-3,12-13H,4-11H2,1H3,(H,15,17)/t12-,13-/m1/s1. The second-order valence-corrected chi connectivity index (χ2v) is 5.23. The molecule has 0 bridgehead atoms. The molecule has 2 rings (SSSR count). The van der Waals surface area contributed by atoms with Crippen molar-refractivity contribution in [1.29, 1.82) is 0 Å². The van der Waals surface area contributed by atoms with Crippen LogP contribution >= 0.6 is 0 Å². The zero-order chi connectivity index (χ0) is 13.5. The summed E-state index contributed by atoms with van der Waals surface area (Å²) in [6.45, 7) is 3.18. The Morgan fingerprint density at radius 2 is 2.42 bits per heavy atom. The number of amides is 2. The molecule has 0 aromatic heterocycles. The molecule has 108 valence electrons. The summed E-state index contributed by atoms with van der Waals surface area (Å²) in [6, 6.07) is 0.0268. The number of methoxy groups -OCH3 is 1. The van der Waals surface area contributed by atoms with Gasteiger partial charge in [0.15, 0.2) is 0 Å². The number of nitrogens with one attached hydrogen (secondary N) is 1. The molecule has 0 saturated carbocycles. The molecule has 2 atom stereocenters. The van der Waals surface area contributed by atoms with E-state index in [1.54, 1.807) is 7.11 Å². The predicted molar refractivity (Wildman–Crippen MR) is 73.1 cm³/mol. The third kappa shape index (κ3) is 4.51. The minimum Gasteiger partial charge on any atom is -0.382 e. The summed E-state index contributed by atoms with van der Waals surface area (Å²) in [5, 5.41) is 3.04. The highest BCUT2D eigenvalue weighted by Gasteiger charge is 2.24. The Hall–Kier alpha value is -1.07. The van der Waals surface area contributed by atoms with Gasteiger partial charge in [0.1, 0.15) is 0 Å². The van der Waals surface area contributed by atoms with E-state index in [1.807, 2.05) is 4.90 Å². The summed E-state index contributed by atoms with van der Waals surface area (Å²) in [5.74, 6) is 0.588. The molecule has 1 fully saturated rings. The van der Waals surface area contributed by atoms with Gasteiger partial charge in [-0.15, -0.1) is 0 Å². The number of hydrogen-bond acceptors (Lipinski definition) is 3. The number of carbonyl (C=O) groups is 1. The molecule has 0 aromatic rings. The van der Waals surface area contributed by atoms with E-state index in [-0.39, 0.29) is 12.1 Å². The lowest BCUT2D eigenvalue weighted by atomic mass is 9.94. The molecular formula is C14H24N2O3. The summed E-state index contributed by atoms with van der Waals surface area (Å²) in [6.07, 6.45) is 7.82. The molecule has 2 aliphatic rings. The number of allylic oxidation sites excluding steroid dienone is 2. The van der Waals surface area contributed by atoms with Crippen LogP contribution < -0.4 is 5.32 Å². The van der Waals surface area contributed by atoms with Crippen molar-refractivity contribution in [2.45, 2.75) is 25.4 Å². The lowest BCUT2D eigenvalue weighted by Gasteiger charge is -2.33. The van der Waals surface area contributed by atoms with Crippen LogP contribution in [0.5, 0.6) is 0 Å². The van der Waals surface area contributed by atoms with Gasteiger partial charge in [0.25, 0.3) is 0 Å². The molecule has 1 saturated heterocycles. The topological polar surface area (TPSA) is 50.8 Å². The molecular weight excluding hydrogens is 244 g/mol. The highest BCUT2D eigenvalue weighted by Crippen LogP contribution is 2.17. The van der Waals surface area contributed by atoms with Gasteiger partial charge in [-0.25, -0.2) is 4.79 Å². The molecule has 0 spiro atoms. The van der Waals surface area contributed by atoms with Crippen LogP contribution in [0.4, 0.5) is 4.79 Å². The maximum Gasteiger partial charge on any atom is 0.317 e. The van der Waals surface area contributed by atoms with Crippen molar-refractivity contribution in [2.75, 3.05) is 40.0 Å². The minimum atomic E-state index is 0.00196. The average molecular weight is 268 g/mol. The predicted octanol–water partition coefficient (Wildman–Crippen LogP) is 1.40. The van der Waals surface area contributed by atoms with E-state index in [0.29, 0.717) is 32.2 Å². The van der Waals surface area contributed by atoms with Gasteiger partial charge in [0.2, 0.25) is 0 Å². The fourth-order valence-corrected chi connectivity index (χ4v) is 2.58. The van der Waals surface area contributed by atoms with E-state index in [9.17, 15) is 4.79 Å². The Morgan fingerprint density at radius 1 is 1.53 bits per heavy atom. The van der Waals surface area contributed by atoms with Crippen LogP contribution in [0.25, 0.3) is 0 Å². The summed E-state index contributed by atoms with van der Waals surface area (Å²) >= 11 is 0. The number of hydrogen-bond donors (Lipinski definition) is 1. The number of rotatable bonds is 4. The van der Waals surface area contributed by atoms with Gasteiger partial charge in [-0.05, 0) is 25.2 Å². The highest BCUT2D eigenvalue weighted by molar-refractivity contribution is 5.74. The summed E-state index contributed by atoms with van der Waals surface area (Å²) in [4.78, 5) is 13.9. The first kappa shape index (κ1) is 14.3. The lowest BCUT2D eigenvalue weighted by molar-refractivity contribution is -0.0494. The first-order valence-corrected chi connectivity index (χ1v) is 7.08. The fourth-order valence-electron chi connectivity index (χ4n) is 2.58. The molecule has 5 nitrogen and oxygen atoms in total. The number of urea groups is 1. The molecule has 1 heterocycles. The van der Waals surface area contributed by atoms with Crippen LogP contribution in [0.1, 0.15) is 19.3 Å². The number of morpholine rings is 1. The van der Waals surface area contributed by atoms with Gasteiger partial charge in [0, 0.05) is 20.2 Å². The third-order valence-electron chi connectivity index (χ3n) is 3.70. The van der Waals surface area contributed by atoms with Crippen molar-refractivity contribution in [1.82, 2.24) is 10.2 Å². The molecule has 19 heavy (non-hydrogen) atoms. The Labute approximate surface area is 114 Å². The molecule has 0 radical (unpaired) electrons. The Morgan fingerprint density at radius 3 is 3.16 bits per heavy atom. The smallest absolute Gasteiger partial charge is 0.317 e. The van der Waals surface area contributed by atoms with E-state index < -0.39 is 0 Å². The van der Waals surface area contributed by atoms with Gasteiger partial charge >= 0.3 is 6.03 Å². The van der Waals surface area contributed by atoms with Crippen LogP contribution in [0.2, 0.25) is 0 Å². The van der Waals surface area contributed by atoms with Crippen molar-refractivity contribution in [2.24, 2.45) is 5.92 Å². The molecule has 2 amide bonds. The van der Waals surface area contributed by atoms with Crippen LogP contribution in [0.15, 0.2) is 12.2 Å². The number of ether oxygens (including phenoxy) is 2. The molecule has 1 aliphatic heterocycles. The molecule has 0 aromatic carbocycles. The largest absolute Gasteiger partial charge is 0.382 e. The van der Waals surface area contributed by atoms with Crippen LogP contribution in [0, 0.1) is 5.92 Å². The van der Waals surface area contributed by atoms with E-state index in [4.69, 9.17) is 9.47 Å². The summed E-state index contributed by atoms with van der Waals surface area (Å²) in [7, 11) is 1.65. The zero-order valence-corrected chi connectivity index (χ0v) is 11.6. The number of carbonyl (C=O) groups excluding carboxylic acids is 1. The lowest BCUT2D eigenvalue weighted by Crippen LogP contribution is -2.51. The normalized spacial score (nSPS) is 27.3. The second-order valence-electron chi connectivity index (χ2n) is 5.23. The van der Waals surface area contributed by atoms with Crippen molar-refractivity contribution in [3.63, 3.8) is 0 Å². The average Bonchev–Trinajstić information content (AvgIpc) is 2.46. The maximum absolute atomic E-state index is 12.1. The van der Waals surface area contributed by atoms with Gasteiger partial charge in [0.05, 0.1) is 25.9 Å². The SMILES string of the molecule is COC[C@H]1CN(C(=O)NC[C@@H]2CC=CCC2)CCO1. The first-order valence-electron chi connectivity index (χ1n) is 7.08. The second kappa shape index (κ2) is 7.50. The van der Waals surface area contributed by atoms with Gasteiger partial charge in [-0.1, -0.05) is 12.2 Å². The van der Waals surface area contributed by atoms with E-state index in [1.165, 1.54) is 6.42 Å². The van der Waals surface area contributed by atoms with E-state index in [0.717, 1.165) is 19.4 Å². The van der Waals surface area contributed by atoms with Crippen LogP contribution in [0.3, 0.4) is 0 Å². The Kier molecular flexibility index (Phi) is 5.66. The fraction of sp³-hybridized carbons (Fsp3) is 0.786. The van der Waals surface area contributed by atoms with E-state index >= 15 is 0 Å². The molecule has 1 N–H and O–H groups in total. The van der Waals surface area contributed by atoms with Crippen LogP contribution in [-0.2, 0) is 9.47 Å². The number of nitrogens with zero attached hydrogens (tertiary/aromatic N) is 1. The first-order chi connectivity index (χ1) is 9.29. The Bertz CT molecular complexity index is 318. The third-order valence-corrected chi connectivity index (χ3v) is 3.70.